The molecular weight excluding hydrogens is 342 g/mol. The van der Waals surface area contributed by atoms with E-state index in [0.717, 1.165) is 42.3 Å². The van der Waals surface area contributed by atoms with Crippen molar-refractivity contribution >= 4 is 33.2 Å². The number of benzene rings is 1. The number of rotatable bonds is 0. The molecule has 3 aliphatic rings. The van der Waals surface area contributed by atoms with E-state index in [1.807, 2.05) is 6.07 Å². The van der Waals surface area contributed by atoms with Gasteiger partial charge in [0.05, 0.1) is 0 Å². The first-order valence-electron chi connectivity index (χ1n) is 8.24. The van der Waals surface area contributed by atoms with Crippen LogP contribution in [0.15, 0.2) is 22.7 Å². The zero-order valence-electron chi connectivity index (χ0n) is 12.6. The average molecular weight is 362 g/mol. The second kappa shape index (κ2) is 5.19. The summed E-state index contributed by atoms with van der Waals surface area (Å²) in [5.74, 6) is 0.378. The fraction of sp³-hybridized carbons (Fsp3) is 0.556. The van der Waals surface area contributed by atoms with E-state index in [4.69, 9.17) is 0 Å². The van der Waals surface area contributed by atoms with Crippen molar-refractivity contribution < 1.29 is 9.59 Å². The molecule has 0 amide bonds. The van der Waals surface area contributed by atoms with Crippen LogP contribution in [0.3, 0.4) is 0 Å². The predicted octanol–water partition coefficient (Wildman–Crippen LogP) is 3.67. The van der Waals surface area contributed by atoms with Crippen molar-refractivity contribution in [3.05, 3.63) is 28.2 Å². The number of anilines is 1. The van der Waals surface area contributed by atoms with E-state index in [0.29, 0.717) is 19.3 Å². The fourth-order valence-electron chi connectivity index (χ4n) is 4.68. The highest BCUT2D eigenvalue weighted by molar-refractivity contribution is 9.10. The van der Waals surface area contributed by atoms with Crippen LogP contribution in [0.4, 0.5) is 5.69 Å². The predicted molar refractivity (Wildman–Crippen MR) is 89.1 cm³/mol. The molecule has 0 radical (unpaired) electrons. The lowest BCUT2D eigenvalue weighted by Crippen LogP contribution is -2.62. The van der Waals surface area contributed by atoms with Gasteiger partial charge >= 0.3 is 0 Å². The maximum atomic E-state index is 12.9. The second-order valence-electron chi connectivity index (χ2n) is 6.83. The molecule has 0 bridgehead atoms. The molecular formula is C18H20BrNO2. The average Bonchev–Trinajstić information content (AvgIpc) is 2.53. The van der Waals surface area contributed by atoms with Crippen LogP contribution in [0, 0.1) is 5.41 Å². The highest BCUT2D eigenvalue weighted by Crippen LogP contribution is 2.49. The van der Waals surface area contributed by atoms with Crippen LogP contribution >= 0.6 is 15.9 Å². The fourth-order valence-corrected chi connectivity index (χ4v) is 5.03. The second-order valence-corrected chi connectivity index (χ2v) is 7.74. The van der Waals surface area contributed by atoms with E-state index in [2.05, 4.69) is 33.0 Å². The number of fused-ring (bicyclic) bond motifs is 4. The van der Waals surface area contributed by atoms with Crippen LogP contribution in [0.5, 0.6) is 0 Å². The zero-order valence-corrected chi connectivity index (χ0v) is 14.2. The molecule has 22 heavy (non-hydrogen) atoms. The highest BCUT2D eigenvalue weighted by atomic mass is 79.9. The Hall–Kier alpha value is -1.16. The van der Waals surface area contributed by atoms with E-state index < -0.39 is 5.41 Å². The normalized spacial score (nSPS) is 26.8. The smallest absolute Gasteiger partial charge is 0.148 e. The highest BCUT2D eigenvalue weighted by Gasteiger charge is 2.57. The van der Waals surface area contributed by atoms with Crippen molar-refractivity contribution in [2.75, 3.05) is 11.4 Å². The molecule has 4 rings (SSSR count). The number of carbonyl (C=O) groups excluding carboxylic acids is 2. The maximum absolute atomic E-state index is 12.9. The van der Waals surface area contributed by atoms with Crippen molar-refractivity contribution in [2.45, 2.75) is 51.0 Å². The van der Waals surface area contributed by atoms with E-state index in [1.165, 1.54) is 5.69 Å². The standard InChI is InChI=1S/C18H20BrNO2/c19-13-8-7-12-11-18(16(21)5-3-6-17(18)22)15-4-1-2-9-20(15)14(12)10-13/h7-8,10,15H,1-6,9,11H2/t15-/m0/s1. The Morgan fingerprint density at radius 2 is 1.86 bits per heavy atom. The number of hydrogen-bond donors (Lipinski definition) is 0. The summed E-state index contributed by atoms with van der Waals surface area (Å²) in [7, 11) is 0. The van der Waals surface area contributed by atoms with Gasteiger partial charge in [-0.2, -0.15) is 0 Å². The van der Waals surface area contributed by atoms with E-state index in [1.54, 1.807) is 0 Å². The van der Waals surface area contributed by atoms with Crippen LogP contribution in [0.1, 0.15) is 44.1 Å². The molecule has 0 unspecified atom stereocenters. The molecule has 1 atom stereocenters. The Kier molecular flexibility index (Phi) is 3.40. The van der Waals surface area contributed by atoms with Crippen molar-refractivity contribution in [1.82, 2.24) is 0 Å². The first-order valence-corrected chi connectivity index (χ1v) is 9.04. The molecule has 1 saturated heterocycles. The number of carbonyl (C=O) groups is 2. The first-order chi connectivity index (χ1) is 10.6. The zero-order chi connectivity index (χ0) is 15.3. The molecule has 4 heteroatoms. The summed E-state index contributed by atoms with van der Waals surface area (Å²) in [5, 5.41) is 0. The van der Waals surface area contributed by atoms with Crippen LogP contribution in [0.25, 0.3) is 0 Å². The molecule has 0 N–H and O–H groups in total. The van der Waals surface area contributed by atoms with Gasteiger partial charge in [0, 0.05) is 35.6 Å². The number of nitrogens with zero attached hydrogens (tertiary/aromatic N) is 1. The quantitative estimate of drug-likeness (QED) is 0.661. The molecule has 1 aromatic rings. The molecule has 1 spiro atoms. The Morgan fingerprint density at radius 3 is 2.64 bits per heavy atom. The molecule has 2 fully saturated rings. The summed E-state index contributed by atoms with van der Waals surface area (Å²) in [6.07, 6.45) is 5.70. The summed E-state index contributed by atoms with van der Waals surface area (Å²) in [6.45, 7) is 0.955. The van der Waals surface area contributed by atoms with Gasteiger partial charge in [0.2, 0.25) is 0 Å². The number of ketones is 2. The van der Waals surface area contributed by atoms with Gasteiger partial charge in [0.25, 0.3) is 0 Å². The van der Waals surface area contributed by atoms with Crippen molar-refractivity contribution in [3.8, 4) is 0 Å². The van der Waals surface area contributed by atoms with Gasteiger partial charge in [0.1, 0.15) is 17.0 Å². The van der Waals surface area contributed by atoms with Crippen molar-refractivity contribution in [2.24, 2.45) is 5.41 Å². The monoisotopic (exact) mass is 361 g/mol. The topological polar surface area (TPSA) is 37.4 Å². The Bertz CT molecular complexity index is 638. The lowest BCUT2D eigenvalue weighted by Gasteiger charge is -2.53. The van der Waals surface area contributed by atoms with Crippen molar-refractivity contribution in [3.63, 3.8) is 0 Å². The largest absolute Gasteiger partial charge is 0.367 e. The lowest BCUT2D eigenvalue weighted by atomic mass is 9.60. The minimum atomic E-state index is -0.764. The number of Topliss-reactive ketones (excluding diaryl/α,β-unsaturated/α-hetero) is 2. The molecule has 1 aromatic carbocycles. The Balaban J connectivity index is 1.89. The minimum absolute atomic E-state index is 0.0725. The lowest BCUT2D eigenvalue weighted by molar-refractivity contribution is -0.146. The molecule has 1 aliphatic carbocycles. The molecule has 3 nitrogen and oxygen atoms in total. The van der Waals surface area contributed by atoms with E-state index in [-0.39, 0.29) is 17.6 Å². The molecule has 1 saturated carbocycles. The van der Waals surface area contributed by atoms with Gasteiger partial charge < -0.3 is 4.90 Å². The van der Waals surface area contributed by atoms with Gasteiger partial charge in [-0.25, -0.2) is 0 Å². The minimum Gasteiger partial charge on any atom is -0.367 e. The van der Waals surface area contributed by atoms with Gasteiger partial charge in [-0.05, 0) is 49.8 Å². The third kappa shape index (κ3) is 1.92. The van der Waals surface area contributed by atoms with Crippen LogP contribution in [0.2, 0.25) is 0 Å². The SMILES string of the molecule is O=C1CCCC(=O)C12Cc1ccc(Br)cc1N1CCCC[C@H]12. The molecule has 0 aromatic heterocycles. The molecule has 2 aliphatic heterocycles. The Labute approximate surface area is 139 Å². The maximum Gasteiger partial charge on any atom is 0.148 e. The van der Waals surface area contributed by atoms with Gasteiger partial charge in [-0.15, -0.1) is 0 Å². The number of halogens is 1. The van der Waals surface area contributed by atoms with Crippen LogP contribution < -0.4 is 4.90 Å². The van der Waals surface area contributed by atoms with Gasteiger partial charge in [0.15, 0.2) is 0 Å². The molecule has 2 heterocycles. The van der Waals surface area contributed by atoms with E-state index in [9.17, 15) is 9.59 Å². The van der Waals surface area contributed by atoms with Gasteiger partial charge in [-0.1, -0.05) is 22.0 Å². The third-order valence-corrected chi connectivity index (χ3v) is 6.19. The van der Waals surface area contributed by atoms with E-state index >= 15 is 0 Å². The number of hydrogen-bond acceptors (Lipinski definition) is 3. The summed E-state index contributed by atoms with van der Waals surface area (Å²) in [6, 6.07) is 6.33. The summed E-state index contributed by atoms with van der Waals surface area (Å²) >= 11 is 3.56. The Morgan fingerprint density at radius 1 is 1.09 bits per heavy atom. The third-order valence-electron chi connectivity index (χ3n) is 5.70. The van der Waals surface area contributed by atoms with Crippen LogP contribution in [-0.4, -0.2) is 24.2 Å². The first kappa shape index (κ1) is 14.4. The van der Waals surface area contributed by atoms with Crippen molar-refractivity contribution in [1.29, 1.82) is 0 Å². The van der Waals surface area contributed by atoms with Crippen LogP contribution in [-0.2, 0) is 16.0 Å². The van der Waals surface area contributed by atoms with Gasteiger partial charge in [-0.3, -0.25) is 9.59 Å². The summed E-state index contributed by atoms with van der Waals surface area (Å²) in [5.41, 5.74) is 1.61. The summed E-state index contributed by atoms with van der Waals surface area (Å²) < 4.78 is 1.06. The molecule has 116 valence electrons. The number of piperidine rings is 1. The summed E-state index contributed by atoms with van der Waals surface area (Å²) in [4.78, 5) is 28.1.